The second-order valence-electron chi connectivity index (χ2n) is 6.13. The number of rotatable bonds is 7. The molecule has 0 bridgehead atoms. The van der Waals surface area contributed by atoms with Gasteiger partial charge in [0.2, 0.25) is 5.75 Å². The molecular weight excluding hydrogens is 308 g/mol. The maximum absolute atomic E-state index is 10.0. The Morgan fingerprint density at radius 2 is 1.75 bits per heavy atom. The van der Waals surface area contributed by atoms with Crippen LogP contribution in [0.25, 0.3) is 0 Å². The van der Waals surface area contributed by atoms with Gasteiger partial charge in [0, 0.05) is 25.7 Å². The Morgan fingerprint density at radius 3 is 2.17 bits per heavy atom. The molecule has 2 atom stereocenters. The molecule has 1 aromatic rings. The normalized spacial score (nSPS) is 20.7. The minimum atomic E-state index is -0.0832. The van der Waals surface area contributed by atoms with Crippen molar-refractivity contribution in [3.05, 3.63) is 17.7 Å². The van der Waals surface area contributed by atoms with Gasteiger partial charge in [0.05, 0.1) is 34.0 Å². The first kappa shape index (κ1) is 18.8. The van der Waals surface area contributed by atoms with E-state index in [1.165, 1.54) is 0 Å². The maximum Gasteiger partial charge on any atom is 0.203 e. The number of nitrogens with zero attached hydrogens (tertiary/aromatic N) is 2. The van der Waals surface area contributed by atoms with Crippen LogP contribution in [0.15, 0.2) is 12.1 Å². The lowest BCUT2D eigenvalue weighted by Gasteiger charge is -2.42. The fourth-order valence-corrected chi connectivity index (χ4v) is 3.50. The van der Waals surface area contributed by atoms with E-state index in [0.717, 1.165) is 31.7 Å². The van der Waals surface area contributed by atoms with Crippen molar-refractivity contribution < 1.29 is 19.3 Å². The quantitative estimate of drug-likeness (QED) is 0.818. The van der Waals surface area contributed by atoms with Gasteiger partial charge in [-0.25, -0.2) is 0 Å². The first-order valence-electron chi connectivity index (χ1n) is 8.48. The van der Waals surface area contributed by atoms with E-state index in [1.54, 1.807) is 21.3 Å². The SMILES string of the molecule is CCN1CCN(C(CO)c2cc(OC)c(OC)c(OC)c2)CC1C. The van der Waals surface area contributed by atoms with E-state index in [-0.39, 0.29) is 12.6 Å². The summed E-state index contributed by atoms with van der Waals surface area (Å²) in [4.78, 5) is 4.79. The van der Waals surface area contributed by atoms with Crippen molar-refractivity contribution in [2.45, 2.75) is 25.9 Å². The Kier molecular flexibility index (Phi) is 6.71. The molecule has 0 saturated carbocycles. The predicted octanol–water partition coefficient (Wildman–Crippen LogP) is 1.77. The summed E-state index contributed by atoms with van der Waals surface area (Å²) in [5.41, 5.74) is 0.976. The van der Waals surface area contributed by atoms with Crippen LogP contribution in [0, 0.1) is 0 Å². The van der Waals surface area contributed by atoms with E-state index < -0.39 is 0 Å². The molecule has 24 heavy (non-hydrogen) atoms. The summed E-state index contributed by atoms with van der Waals surface area (Å²) in [6, 6.07) is 4.25. The van der Waals surface area contributed by atoms with E-state index >= 15 is 0 Å². The van der Waals surface area contributed by atoms with Gasteiger partial charge >= 0.3 is 0 Å². The highest BCUT2D eigenvalue weighted by molar-refractivity contribution is 5.54. The number of aliphatic hydroxyl groups is 1. The number of aliphatic hydroxyl groups excluding tert-OH is 1. The number of benzene rings is 1. The minimum absolute atomic E-state index is 0.0531. The van der Waals surface area contributed by atoms with E-state index in [1.807, 2.05) is 12.1 Å². The number of methoxy groups -OCH3 is 3. The van der Waals surface area contributed by atoms with Gasteiger partial charge in [0.25, 0.3) is 0 Å². The predicted molar refractivity (Wildman–Crippen MR) is 94.2 cm³/mol. The third-order valence-electron chi connectivity index (χ3n) is 4.89. The number of ether oxygens (including phenoxy) is 3. The summed E-state index contributed by atoms with van der Waals surface area (Å²) >= 11 is 0. The van der Waals surface area contributed by atoms with Gasteiger partial charge in [-0.15, -0.1) is 0 Å². The standard InChI is InChI=1S/C18H30N2O4/c1-6-19-7-8-20(11-13(19)2)15(12-21)14-9-16(22-3)18(24-5)17(10-14)23-4/h9-10,13,15,21H,6-8,11-12H2,1-5H3. The first-order chi connectivity index (χ1) is 11.6. The molecule has 6 nitrogen and oxygen atoms in total. The summed E-state index contributed by atoms with van der Waals surface area (Å²) in [7, 11) is 4.81. The molecule has 6 heteroatoms. The minimum Gasteiger partial charge on any atom is -0.493 e. The van der Waals surface area contributed by atoms with Crippen LogP contribution in [0.1, 0.15) is 25.5 Å². The zero-order valence-corrected chi connectivity index (χ0v) is 15.4. The van der Waals surface area contributed by atoms with Crippen LogP contribution in [-0.2, 0) is 0 Å². The molecule has 0 amide bonds. The number of likely N-dealkylation sites (N-methyl/N-ethyl adjacent to an activating group) is 1. The molecule has 1 N–H and O–H groups in total. The van der Waals surface area contributed by atoms with Crippen LogP contribution >= 0.6 is 0 Å². The van der Waals surface area contributed by atoms with Crippen molar-refractivity contribution in [2.24, 2.45) is 0 Å². The largest absolute Gasteiger partial charge is 0.493 e. The molecule has 1 fully saturated rings. The Labute approximate surface area is 144 Å². The van der Waals surface area contributed by atoms with Gasteiger partial charge in [-0.3, -0.25) is 9.80 Å². The first-order valence-corrected chi connectivity index (χ1v) is 8.48. The van der Waals surface area contributed by atoms with Gasteiger partial charge in [-0.1, -0.05) is 6.92 Å². The lowest BCUT2D eigenvalue weighted by molar-refractivity contribution is 0.0366. The van der Waals surface area contributed by atoms with Crippen LogP contribution in [0.3, 0.4) is 0 Å². The molecule has 0 aliphatic carbocycles. The highest BCUT2D eigenvalue weighted by Crippen LogP contribution is 2.40. The molecule has 0 spiro atoms. The fraction of sp³-hybridized carbons (Fsp3) is 0.667. The highest BCUT2D eigenvalue weighted by atomic mass is 16.5. The Bertz CT molecular complexity index is 513. The zero-order chi connectivity index (χ0) is 17.7. The monoisotopic (exact) mass is 338 g/mol. The fourth-order valence-electron chi connectivity index (χ4n) is 3.50. The molecular formula is C18H30N2O4. The van der Waals surface area contributed by atoms with Crippen molar-refractivity contribution in [1.82, 2.24) is 9.80 Å². The van der Waals surface area contributed by atoms with Gasteiger partial charge in [-0.2, -0.15) is 0 Å². The third-order valence-corrected chi connectivity index (χ3v) is 4.89. The summed E-state index contributed by atoms with van der Waals surface area (Å²) in [6.07, 6.45) is 0. The molecule has 1 heterocycles. The Hall–Kier alpha value is -1.50. The zero-order valence-electron chi connectivity index (χ0n) is 15.4. The lowest BCUT2D eigenvalue weighted by atomic mass is 10.0. The smallest absolute Gasteiger partial charge is 0.203 e. The van der Waals surface area contributed by atoms with Crippen molar-refractivity contribution in [2.75, 3.05) is 54.1 Å². The van der Waals surface area contributed by atoms with Crippen molar-refractivity contribution in [3.8, 4) is 17.2 Å². The van der Waals surface area contributed by atoms with Gasteiger partial charge in [0.1, 0.15) is 0 Å². The maximum atomic E-state index is 10.0. The number of piperazine rings is 1. The van der Waals surface area contributed by atoms with Crippen molar-refractivity contribution in [3.63, 3.8) is 0 Å². The second kappa shape index (κ2) is 8.55. The molecule has 2 unspecified atom stereocenters. The molecule has 136 valence electrons. The summed E-state index contributed by atoms with van der Waals surface area (Å²) in [5.74, 6) is 1.81. The van der Waals surface area contributed by atoms with E-state index in [4.69, 9.17) is 14.2 Å². The molecule has 1 aromatic carbocycles. The molecule has 1 aliphatic heterocycles. The molecule has 1 saturated heterocycles. The molecule has 1 aliphatic rings. The van der Waals surface area contributed by atoms with Crippen molar-refractivity contribution >= 4 is 0 Å². The summed E-state index contributed by atoms with van der Waals surface area (Å²) < 4.78 is 16.3. The van der Waals surface area contributed by atoms with Gasteiger partial charge < -0.3 is 19.3 Å². The molecule has 0 radical (unpaired) electrons. The lowest BCUT2D eigenvalue weighted by Crippen LogP contribution is -2.53. The number of hydrogen-bond donors (Lipinski definition) is 1. The van der Waals surface area contributed by atoms with Crippen LogP contribution < -0.4 is 14.2 Å². The van der Waals surface area contributed by atoms with E-state index in [9.17, 15) is 5.11 Å². The van der Waals surface area contributed by atoms with Crippen molar-refractivity contribution in [1.29, 1.82) is 0 Å². The number of hydrogen-bond acceptors (Lipinski definition) is 6. The van der Waals surface area contributed by atoms with E-state index in [0.29, 0.717) is 23.3 Å². The summed E-state index contributed by atoms with van der Waals surface area (Å²) in [5, 5.41) is 10.0. The van der Waals surface area contributed by atoms with Gasteiger partial charge in [-0.05, 0) is 31.2 Å². The van der Waals surface area contributed by atoms with Gasteiger partial charge in [0.15, 0.2) is 11.5 Å². The second-order valence-corrected chi connectivity index (χ2v) is 6.13. The van der Waals surface area contributed by atoms with Crippen LogP contribution in [0.2, 0.25) is 0 Å². The van der Waals surface area contributed by atoms with Crippen LogP contribution in [0.4, 0.5) is 0 Å². The van der Waals surface area contributed by atoms with Crippen LogP contribution in [0.5, 0.6) is 17.2 Å². The van der Waals surface area contributed by atoms with Crippen LogP contribution in [-0.4, -0.2) is 75.1 Å². The Morgan fingerprint density at radius 1 is 1.12 bits per heavy atom. The topological polar surface area (TPSA) is 54.4 Å². The third kappa shape index (κ3) is 3.77. The molecule has 0 aromatic heterocycles. The average molecular weight is 338 g/mol. The molecule has 2 rings (SSSR count). The summed E-state index contributed by atoms with van der Waals surface area (Å²) in [6.45, 7) is 8.41. The average Bonchev–Trinajstić information content (AvgIpc) is 2.61. The Balaban J connectivity index is 2.30. The highest BCUT2D eigenvalue weighted by Gasteiger charge is 2.29. The van der Waals surface area contributed by atoms with E-state index in [2.05, 4.69) is 23.6 Å².